The first-order valence-corrected chi connectivity index (χ1v) is 9.33. The van der Waals surface area contributed by atoms with Gasteiger partial charge in [-0.3, -0.25) is 9.69 Å². The molecule has 2 aromatic rings. The number of carbonyl (C=O) groups excluding carboxylic acids is 1. The van der Waals surface area contributed by atoms with Crippen LogP contribution in [-0.2, 0) is 13.0 Å². The van der Waals surface area contributed by atoms with Crippen LogP contribution in [0.5, 0.6) is 0 Å². The maximum atomic E-state index is 11.3. The number of aryl methyl sites for hydroxylation is 2. The number of hydrogen-bond acceptors (Lipinski definition) is 6. The van der Waals surface area contributed by atoms with Gasteiger partial charge >= 0.3 is 0 Å². The lowest BCUT2D eigenvalue weighted by Crippen LogP contribution is -2.36. The standard InChI is InChI=1S/C18H23N3O2S/c1-3-4-6-15-14(13(2)23-20-15)7-8-18-19-16(17(12-22)24-18)11-21-9-5-10-21/h7-8,12H,3-6,9-11H2,1-2H3/b8-7+. The fraction of sp³-hybridized carbons (Fsp3) is 0.500. The van der Waals surface area contributed by atoms with E-state index in [0.717, 1.165) is 77.8 Å². The van der Waals surface area contributed by atoms with Gasteiger partial charge in [-0.05, 0) is 51.4 Å². The summed E-state index contributed by atoms with van der Waals surface area (Å²) in [6, 6.07) is 0. The Kier molecular flexibility index (Phi) is 5.58. The van der Waals surface area contributed by atoms with E-state index in [9.17, 15) is 4.79 Å². The van der Waals surface area contributed by atoms with Gasteiger partial charge in [-0.1, -0.05) is 18.5 Å². The molecule has 0 amide bonds. The second kappa shape index (κ2) is 7.85. The van der Waals surface area contributed by atoms with Crippen LogP contribution in [0.4, 0.5) is 0 Å². The number of unbranched alkanes of at least 4 members (excludes halogenated alkanes) is 1. The van der Waals surface area contributed by atoms with Crippen molar-refractivity contribution in [3.63, 3.8) is 0 Å². The van der Waals surface area contributed by atoms with E-state index in [1.54, 1.807) is 0 Å². The topological polar surface area (TPSA) is 59.2 Å². The van der Waals surface area contributed by atoms with E-state index in [1.807, 2.05) is 19.1 Å². The summed E-state index contributed by atoms with van der Waals surface area (Å²) >= 11 is 1.44. The van der Waals surface area contributed by atoms with Crippen LogP contribution in [0.15, 0.2) is 4.52 Å². The van der Waals surface area contributed by atoms with Crippen molar-refractivity contribution in [2.45, 2.75) is 46.1 Å². The molecule has 1 aliphatic rings. The van der Waals surface area contributed by atoms with E-state index in [2.05, 4.69) is 22.0 Å². The van der Waals surface area contributed by atoms with Gasteiger partial charge in [0.15, 0.2) is 6.29 Å². The first-order valence-electron chi connectivity index (χ1n) is 8.51. The van der Waals surface area contributed by atoms with Crippen molar-refractivity contribution in [3.8, 4) is 0 Å². The van der Waals surface area contributed by atoms with Gasteiger partial charge in [0.25, 0.3) is 0 Å². The lowest BCUT2D eigenvalue weighted by Gasteiger charge is -2.29. The first-order chi connectivity index (χ1) is 11.7. The minimum absolute atomic E-state index is 0.731. The average Bonchev–Trinajstić information content (AvgIpc) is 3.10. The number of nitrogens with zero attached hydrogens (tertiary/aromatic N) is 3. The van der Waals surface area contributed by atoms with Crippen LogP contribution >= 0.6 is 11.3 Å². The highest BCUT2D eigenvalue weighted by Crippen LogP contribution is 2.24. The molecule has 128 valence electrons. The molecule has 0 spiro atoms. The fourth-order valence-electron chi connectivity index (χ4n) is 2.73. The molecule has 1 saturated heterocycles. The van der Waals surface area contributed by atoms with E-state index in [1.165, 1.54) is 17.8 Å². The number of hydrogen-bond donors (Lipinski definition) is 0. The Morgan fingerprint density at radius 3 is 2.79 bits per heavy atom. The molecule has 0 saturated carbocycles. The molecule has 5 nitrogen and oxygen atoms in total. The molecule has 0 atom stereocenters. The average molecular weight is 345 g/mol. The highest BCUT2D eigenvalue weighted by Gasteiger charge is 2.18. The van der Waals surface area contributed by atoms with Crippen molar-refractivity contribution < 1.29 is 9.32 Å². The zero-order valence-electron chi connectivity index (χ0n) is 14.2. The van der Waals surface area contributed by atoms with Crippen LogP contribution in [-0.4, -0.2) is 34.4 Å². The van der Waals surface area contributed by atoms with E-state index in [4.69, 9.17) is 4.52 Å². The van der Waals surface area contributed by atoms with Gasteiger partial charge < -0.3 is 4.52 Å². The van der Waals surface area contributed by atoms with Gasteiger partial charge in [0.05, 0.1) is 16.3 Å². The van der Waals surface area contributed by atoms with Gasteiger partial charge in [0.2, 0.25) is 0 Å². The Bertz CT molecular complexity index is 729. The molecule has 0 bridgehead atoms. The molecule has 0 radical (unpaired) electrons. The monoisotopic (exact) mass is 345 g/mol. The Morgan fingerprint density at radius 1 is 1.29 bits per heavy atom. The molecule has 1 aliphatic heterocycles. The summed E-state index contributed by atoms with van der Waals surface area (Å²) in [7, 11) is 0. The molecule has 6 heteroatoms. The second-order valence-corrected chi connectivity index (χ2v) is 7.21. The summed E-state index contributed by atoms with van der Waals surface area (Å²) < 4.78 is 5.32. The van der Waals surface area contributed by atoms with Crippen LogP contribution in [0.2, 0.25) is 0 Å². The zero-order valence-corrected chi connectivity index (χ0v) is 15.1. The molecule has 0 aliphatic carbocycles. The lowest BCUT2D eigenvalue weighted by atomic mass is 10.1. The summed E-state index contributed by atoms with van der Waals surface area (Å²) in [5, 5.41) is 5.01. The summed E-state index contributed by atoms with van der Waals surface area (Å²) in [6.45, 7) is 7.06. The Morgan fingerprint density at radius 2 is 2.12 bits per heavy atom. The fourth-order valence-corrected chi connectivity index (χ4v) is 3.52. The largest absolute Gasteiger partial charge is 0.361 e. The van der Waals surface area contributed by atoms with Gasteiger partial charge in [0, 0.05) is 12.1 Å². The van der Waals surface area contributed by atoms with Gasteiger partial charge in [0.1, 0.15) is 10.8 Å². The van der Waals surface area contributed by atoms with Crippen LogP contribution in [0.25, 0.3) is 12.2 Å². The number of likely N-dealkylation sites (tertiary alicyclic amines) is 1. The first kappa shape index (κ1) is 17.0. The number of aldehydes is 1. The van der Waals surface area contributed by atoms with Gasteiger partial charge in [-0.15, -0.1) is 11.3 Å². The Balaban J connectivity index is 1.76. The maximum absolute atomic E-state index is 11.3. The smallest absolute Gasteiger partial charge is 0.161 e. The molecule has 3 heterocycles. The summed E-state index contributed by atoms with van der Waals surface area (Å²) in [4.78, 5) is 19.0. The molecule has 0 N–H and O–H groups in total. The normalized spacial score (nSPS) is 15.1. The number of thiazole rings is 1. The summed E-state index contributed by atoms with van der Waals surface area (Å²) in [5.41, 5.74) is 2.93. The predicted molar refractivity (Wildman–Crippen MR) is 96.2 cm³/mol. The van der Waals surface area contributed by atoms with Crippen molar-refractivity contribution in [3.05, 3.63) is 32.6 Å². The van der Waals surface area contributed by atoms with E-state index < -0.39 is 0 Å². The Labute approximate surface area is 146 Å². The highest BCUT2D eigenvalue weighted by atomic mass is 32.1. The third kappa shape index (κ3) is 3.82. The number of rotatable bonds is 8. The third-order valence-electron chi connectivity index (χ3n) is 4.32. The molecular formula is C18H23N3O2S. The summed E-state index contributed by atoms with van der Waals surface area (Å²) in [5.74, 6) is 0.824. The molecule has 24 heavy (non-hydrogen) atoms. The molecule has 0 unspecified atom stereocenters. The lowest BCUT2D eigenvalue weighted by molar-refractivity contribution is 0.112. The van der Waals surface area contributed by atoms with E-state index in [-0.39, 0.29) is 0 Å². The van der Waals surface area contributed by atoms with Crippen LogP contribution in [0.3, 0.4) is 0 Å². The SMILES string of the molecule is CCCCc1noc(C)c1/C=C/c1nc(CN2CCC2)c(C=O)s1. The van der Waals surface area contributed by atoms with Gasteiger partial charge in [-0.2, -0.15) is 0 Å². The minimum atomic E-state index is 0.731. The number of carbonyl (C=O) groups is 1. The predicted octanol–water partition coefficient (Wildman–Crippen LogP) is 3.97. The van der Waals surface area contributed by atoms with E-state index in [0.29, 0.717) is 0 Å². The highest BCUT2D eigenvalue weighted by molar-refractivity contribution is 7.14. The summed E-state index contributed by atoms with van der Waals surface area (Å²) in [6.07, 6.45) is 9.28. The molecule has 0 aromatic carbocycles. The van der Waals surface area contributed by atoms with Crippen molar-refractivity contribution in [2.75, 3.05) is 13.1 Å². The molecule has 1 fully saturated rings. The van der Waals surface area contributed by atoms with Crippen LogP contribution in [0, 0.1) is 6.92 Å². The van der Waals surface area contributed by atoms with Crippen molar-refractivity contribution in [2.24, 2.45) is 0 Å². The quantitative estimate of drug-likeness (QED) is 0.678. The van der Waals surface area contributed by atoms with Gasteiger partial charge in [-0.25, -0.2) is 4.98 Å². The van der Waals surface area contributed by atoms with Crippen molar-refractivity contribution in [1.82, 2.24) is 15.0 Å². The third-order valence-corrected chi connectivity index (χ3v) is 5.30. The molecule has 3 rings (SSSR count). The van der Waals surface area contributed by atoms with Crippen molar-refractivity contribution >= 4 is 29.8 Å². The van der Waals surface area contributed by atoms with Crippen LogP contribution in [0.1, 0.15) is 63.6 Å². The number of aromatic nitrogens is 2. The van der Waals surface area contributed by atoms with E-state index >= 15 is 0 Å². The second-order valence-electron chi connectivity index (χ2n) is 6.15. The minimum Gasteiger partial charge on any atom is -0.361 e. The Hall–Kier alpha value is -1.79. The van der Waals surface area contributed by atoms with Crippen molar-refractivity contribution in [1.29, 1.82) is 0 Å². The molecular weight excluding hydrogens is 322 g/mol. The zero-order chi connectivity index (χ0) is 16.9. The maximum Gasteiger partial charge on any atom is 0.161 e. The van der Waals surface area contributed by atoms with Crippen LogP contribution < -0.4 is 0 Å². The molecule has 2 aromatic heterocycles.